The number of aryl methyl sites for hydroxylation is 1. The minimum atomic E-state index is -4.46. The van der Waals surface area contributed by atoms with Gasteiger partial charge in [0, 0.05) is 6.20 Å². The number of alkyl halides is 3. The first-order chi connectivity index (χ1) is 8.47. The van der Waals surface area contributed by atoms with E-state index in [1.807, 2.05) is 0 Å². The van der Waals surface area contributed by atoms with Gasteiger partial charge in [-0.3, -0.25) is 0 Å². The van der Waals surface area contributed by atoms with Crippen molar-refractivity contribution in [1.82, 2.24) is 15.1 Å². The largest absolute Gasteiger partial charge is 0.419 e. The van der Waals surface area contributed by atoms with Crippen LogP contribution in [0, 0.1) is 6.92 Å². The number of halogens is 3. The molecule has 1 N–H and O–H groups in total. The van der Waals surface area contributed by atoms with Crippen molar-refractivity contribution in [3.05, 3.63) is 35.6 Å². The lowest BCUT2D eigenvalue weighted by Crippen LogP contribution is -2.12. The molecule has 96 valence electrons. The molecule has 0 bridgehead atoms. The van der Waals surface area contributed by atoms with E-state index < -0.39 is 11.7 Å². The van der Waals surface area contributed by atoms with Crippen LogP contribution in [-0.4, -0.2) is 15.1 Å². The van der Waals surface area contributed by atoms with Gasteiger partial charge in [0.2, 0.25) is 5.89 Å². The molecule has 8 heteroatoms. The first kappa shape index (κ1) is 12.3. The van der Waals surface area contributed by atoms with Crippen molar-refractivity contribution in [3.8, 4) is 0 Å². The average molecular weight is 258 g/mol. The van der Waals surface area contributed by atoms with Gasteiger partial charge in [-0.2, -0.15) is 18.2 Å². The van der Waals surface area contributed by atoms with Crippen molar-refractivity contribution >= 4 is 5.82 Å². The molecule has 0 aliphatic carbocycles. The summed E-state index contributed by atoms with van der Waals surface area (Å²) in [7, 11) is 0. The molecule has 0 fully saturated rings. The maximum atomic E-state index is 12.6. The predicted octanol–water partition coefficient (Wildman–Crippen LogP) is 2.40. The van der Waals surface area contributed by atoms with Crippen molar-refractivity contribution in [2.24, 2.45) is 0 Å². The first-order valence-electron chi connectivity index (χ1n) is 5.02. The molecule has 0 radical (unpaired) electrons. The summed E-state index contributed by atoms with van der Waals surface area (Å²) in [5.41, 5.74) is -0.832. The Hall–Kier alpha value is -2.12. The van der Waals surface area contributed by atoms with Crippen molar-refractivity contribution in [2.45, 2.75) is 19.6 Å². The number of aromatic nitrogens is 3. The summed E-state index contributed by atoms with van der Waals surface area (Å²) < 4.78 is 42.7. The van der Waals surface area contributed by atoms with E-state index in [0.29, 0.717) is 5.82 Å². The Bertz CT molecular complexity index is 538. The molecule has 0 unspecified atom stereocenters. The van der Waals surface area contributed by atoms with Gasteiger partial charge in [-0.15, -0.1) is 0 Å². The second kappa shape index (κ2) is 4.63. The van der Waals surface area contributed by atoms with E-state index in [1.165, 1.54) is 12.3 Å². The van der Waals surface area contributed by atoms with Crippen molar-refractivity contribution in [3.63, 3.8) is 0 Å². The molecule has 0 aliphatic rings. The lowest BCUT2D eigenvalue weighted by molar-refractivity contribution is -0.137. The molecule has 2 rings (SSSR count). The summed E-state index contributed by atoms with van der Waals surface area (Å²) in [6.07, 6.45) is -3.18. The van der Waals surface area contributed by atoms with Crippen molar-refractivity contribution < 1.29 is 17.7 Å². The lowest BCUT2D eigenvalue weighted by atomic mass is 10.2. The van der Waals surface area contributed by atoms with E-state index in [4.69, 9.17) is 4.52 Å². The van der Waals surface area contributed by atoms with Gasteiger partial charge in [0.05, 0.1) is 12.1 Å². The van der Waals surface area contributed by atoms with Crippen LogP contribution in [0.5, 0.6) is 0 Å². The summed E-state index contributed by atoms with van der Waals surface area (Å²) in [5, 5.41) is 6.05. The molecule has 0 spiro atoms. The van der Waals surface area contributed by atoms with E-state index in [2.05, 4.69) is 20.4 Å². The zero-order valence-electron chi connectivity index (χ0n) is 9.32. The van der Waals surface area contributed by atoms with Crippen LogP contribution in [0.15, 0.2) is 22.9 Å². The summed E-state index contributed by atoms with van der Waals surface area (Å²) in [5.74, 6) is 0.357. The van der Waals surface area contributed by atoms with Gasteiger partial charge < -0.3 is 9.84 Å². The van der Waals surface area contributed by atoms with Gasteiger partial charge in [0.25, 0.3) is 0 Å². The second-order valence-corrected chi connectivity index (χ2v) is 3.49. The topological polar surface area (TPSA) is 63.8 Å². The molecule has 0 saturated carbocycles. The van der Waals surface area contributed by atoms with Crippen LogP contribution >= 0.6 is 0 Å². The lowest BCUT2D eigenvalue weighted by Gasteiger charge is -2.11. The van der Waals surface area contributed by atoms with Crippen molar-refractivity contribution in [1.29, 1.82) is 0 Å². The maximum absolute atomic E-state index is 12.6. The third kappa shape index (κ3) is 2.76. The van der Waals surface area contributed by atoms with E-state index in [1.54, 1.807) is 6.92 Å². The Labute approximate surface area is 100 Å². The monoisotopic (exact) mass is 258 g/mol. The van der Waals surface area contributed by atoms with E-state index in [-0.39, 0.29) is 18.3 Å². The zero-order valence-corrected chi connectivity index (χ0v) is 9.32. The van der Waals surface area contributed by atoms with Gasteiger partial charge in [-0.25, -0.2) is 4.98 Å². The molecule has 2 aromatic rings. The molecular weight excluding hydrogens is 249 g/mol. The number of hydrogen-bond donors (Lipinski definition) is 1. The Kier molecular flexibility index (Phi) is 3.17. The molecule has 0 aliphatic heterocycles. The number of rotatable bonds is 3. The number of anilines is 1. The van der Waals surface area contributed by atoms with Crippen molar-refractivity contribution in [2.75, 3.05) is 5.32 Å². The molecule has 2 heterocycles. The number of hydrogen-bond acceptors (Lipinski definition) is 5. The molecule has 5 nitrogen and oxygen atoms in total. The molecule has 18 heavy (non-hydrogen) atoms. The molecule has 0 amide bonds. The quantitative estimate of drug-likeness (QED) is 0.915. The Morgan fingerprint density at radius 2 is 2.17 bits per heavy atom. The van der Waals surface area contributed by atoms with Gasteiger partial charge in [-0.05, 0) is 19.1 Å². The first-order valence-corrected chi connectivity index (χ1v) is 5.02. The van der Waals surface area contributed by atoms with Gasteiger partial charge in [0.15, 0.2) is 5.82 Å². The highest BCUT2D eigenvalue weighted by Crippen LogP contribution is 2.33. The fourth-order valence-corrected chi connectivity index (χ4v) is 1.35. The molecule has 0 aromatic carbocycles. The normalized spacial score (nSPS) is 11.6. The summed E-state index contributed by atoms with van der Waals surface area (Å²) >= 11 is 0. The van der Waals surface area contributed by atoms with Gasteiger partial charge in [0.1, 0.15) is 5.82 Å². The summed E-state index contributed by atoms with van der Waals surface area (Å²) in [6, 6.07) is 2.18. The highest BCUT2D eigenvalue weighted by Gasteiger charge is 2.34. The van der Waals surface area contributed by atoms with Crippen LogP contribution in [-0.2, 0) is 12.7 Å². The Morgan fingerprint density at radius 3 is 2.78 bits per heavy atom. The van der Waals surface area contributed by atoms with E-state index >= 15 is 0 Å². The zero-order chi connectivity index (χ0) is 13.2. The van der Waals surface area contributed by atoms with Crippen LogP contribution in [0.4, 0.5) is 19.0 Å². The SMILES string of the molecule is Cc1noc(CNc2ncccc2C(F)(F)F)n1. The minimum absolute atomic E-state index is 0.0130. The maximum Gasteiger partial charge on any atom is 0.419 e. The smallest absolute Gasteiger partial charge is 0.360 e. The van der Waals surface area contributed by atoms with E-state index in [9.17, 15) is 13.2 Å². The van der Waals surface area contributed by atoms with E-state index in [0.717, 1.165) is 6.07 Å². The van der Waals surface area contributed by atoms with Crippen LogP contribution in [0.2, 0.25) is 0 Å². The Balaban J connectivity index is 2.14. The van der Waals surface area contributed by atoms with Crippen LogP contribution in [0.1, 0.15) is 17.3 Å². The predicted molar refractivity (Wildman–Crippen MR) is 55.6 cm³/mol. The standard InChI is InChI=1S/C10H9F3N4O/c1-6-16-8(18-17-6)5-15-9-7(10(11,12)13)3-2-4-14-9/h2-4H,5H2,1H3,(H,14,15). The fourth-order valence-electron chi connectivity index (χ4n) is 1.35. The van der Waals surface area contributed by atoms with Gasteiger partial charge >= 0.3 is 6.18 Å². The number of nitrogens with zero attached hydrogens (tertiary/aromatic N) is 3. The summed E-state index contributed by atoms with van der Waals surface area (Å²) in [4.78, 5) is 7.51. The number of pyridine rings is 1. The molecule has 0 atom stereocenters. The van der Waals surface area contributed by atoms with Gasteiger partial charge in [-0.1, -0.05) is 5.16 Å². The minimum Gasteiger partial charge on any atom is -0.360 e. The fraction of sp³-hybridized carbons (Fsp3) is 0.300. The highest BCUT2D eigenvalue weighted by atomic mass is 19.4. The third-order valence-corrected chi connectivity index (χ3v) is 2.09. The second-order valence-electron chi connectivity index (χ2n) is 3.49. The van der Waals surface area contributed by atoms with Crippen LogP contribution < -0.4 is 5.32 Å². The summed E-state index contributed by atoms with van der Waals surface area (Å²) in [6.45, 7) is 1.61. The third-order valence-electron chi connectivity index (χ3n) is 2.09. The molecular formula is C10H9F3N4O. The highest BCUT2D eigenvalue weighted by molar-refractivity contribution is 5.45. The number of nitrogens with one attached hydrogen (secondary N) is 1. The Morgan fingerprint density at radius 1 is 1.39 bits per heavy atom. The van der Waals surface area contributed by atoms with Crippen LogP contribution in [0.25, 0.3) is 0 Å². The molecule has 0 saturated heterocycles. The van der Waals surface area contributed by atoms with Crippen LogP contribution in [0.3, 0.4) is 0 Å². The molecule has 2 aromatic heterocycles. The average Bonchev–Trinajstić information content (AvgIpc) is 2.72.